The van der Waals surface area contributed by atoms with E-state index in [1.54, 1.807) is 40.0 Å². The van der Waals surface area contributed by atoms with Crippen molar-refractivity contribution in [1.29, 1.82) is 0 Å². The number of benzene rings is 1. The second kappa shape index (κ2) is 13.8. The van der Waals surface area contributed by atoms with Crippen LogP contribution in [-0.4, -0.2) is 72.2 Å². The average molecular weight is 567 g/mol. The Morgan fingerprint density at radius 3 is 2.31 bits per heavy atom. The molecule has 39 heavy (non-hydrogen) atoms. The summed E-state index contributed by atoms with van der Waals surface area (Å²) in [4.78, 5) is 25.5. The van der Waals surface area contributed by atoms with Crippen LogP contribution in [0.1, 0.15) is 57.0 Å². The van der Waals surface area contributed by atoms with E-state index in [4.69, 9.17) is 33.2 Å². The Labute approximate surface area is 234 Å². The standard InChI is InChI=1S/C29H46O9Si/c1-28(2,3)27(31)35-18-24-22(37-29(4,5)38-24)13-11-12-20-16-21(33-7)17-23(36-19-32-6)25(20)26(30)34-14-15-39(8,9)10/h11-12,16-17,22,24H,13-15,18-19H2,1-10H3. The highest BCUT2D eigenvalue weighted by Gasteiger charge is 2.41. The van der Waals surface area contributed by atoms with Crippen LogP contribution in [0, 0.1) is 5.41 Å². The molecule has 2 atom stereocenters. The molecule has 1 aromatic rings. The summed E-state index contributed by atoms with van der Waals surface area (Å²) >= 11 is 0. The molecule has 220 valence electrons. The van der Waals surface area contributed by atoms with E-state index in [0.29, 0.717) is 35.7 Å². The maximum Gasteiger partial charge on any atom is 0.342 e. The smallest absolute Gasteiger partial charge is 0.342 e. The van der Waals surface area contributed by atoms with Gasteiger partial charge in [-0.15, -0.1) is 0 Å². The molecule has 1 aromatic carbocycles. The molecule has 0 saturated carbocycles. The number of hydrogen-bond acceptors (Lipinski definition) is 9. The zero-order chi connectivity index (χ0) is 29.4. The van der Waals surface area contributed by atoms with E-state index in [2.05, 4.69) is 19.6 Å². The van der Waals surface area contributed by atoms with E-state index in [1.807, 2.05) is 26.0 Å². The SMILES string of the molecule is COCOc1cc(OC)cc(C=CCC2OC(C)(C)OC2COC(=O)C(C)(C)C)c1C(=O)OCC[Si](C)(C)C. The third-order valence-corrected chi connectivity index (χ3v) is 7.61. The second-order valence-electron chi connectivity index (χ2n) is 12.3. The predicted octanol–water partition coefficient (Wildman–Crippen LogP) is 5.69. The lowest BCUT2D eigenvalue weighted by molar-refractivity contribution is -0.165. The van der Waals surface area contributed by atoms with Crippen LogP contribution < -0.4 is 9.47 Å². The minimum absolute atomic E-state index is 0.0389. The Kier molecular flexibility index (Phi) is 11.6. The number of ether oxygens (including phenoxy) is 7. The molecule has 0 amide bonds. The van der Waals surface area contributed by atoms with Gasteiger partial charge in [0, 0.05) is 21.3 Å². The van der Waals surface area contributed by atoms with Gasteiger partial charge in [0.25, 0.3) is 0 Å². The lowest BCUT2D eigenvalue weighted by atomic mass is 9.97. The molecular weight excluding hydrogens is 520 g/mol. The van der Waals surface area contributed by atoms with E-state index < -0.39 is 31.3 Å². The minimum atomic E-state index is -1.39. The Hall–Kier alpha value is -2.40. The van der Waals surface area contributed by atoms with Crippen molar-refractivity contribution in [3.8, 4) is 11.5 Å². The summed E-state index contributed by atoms with van der Waals surface area (Å²) in [5.41, 5.74) is 0.256. The van der Waals surface area contributed by atoms with Crippen molar-refractivity contribution in [2.45, 2.75) is 84.7 Å². The molecule has 0 aliphatic carbocycles. The van der Waals surface area contributed by atoms with E-state index in [1.165, 1.54) is 7.11 Å². The van der Waals surface area contributed by atoms with Gasteiger partial charge in [-0.05, 0) is 58.7 Å². The summed E-state index contributed by atoms with van der Waals surface area (Å²) in [5, 5.41) is 0. The molecule has 10 heteroatoms. The molecule has 0 bridgehead atoms. The third kappa shape index (κ3) is 10.6. The third-order valence-electron chi connectivity index (χ3n) is 5.91. The number of rotatable bonds is 13. The van der Waals surface area contributed by atoms with E-state index in [9.17, 15) is 9.59 Å². The van der Waals surface area contributed by atoms with Gasteiger partial charge in [-0.1, -0.05) is 31.8 Å². The van der Waals surface area contributed by atoms with Crippen LogP contribution >= 0.6 is 0 Å². The number of hydrogen-bond donors (Lipinski definition) is 0. The van der Waals surface area contributed by atoms with Crippen LogP contribution in [0.2, 0.25) is 25.7 Å². The zero-order valence-corrected chi connectivity index (χ0v) is 26.2. The second-order valence-corrected chi connectivity index (χ2v) is 17.9. The highest BCUT2D eigenvalue weighted by molar-refractivity contribution is 6.76. The number of esters is 2. The van der Waals surface area contributed by atoms with Crippen molar-refractivity contribution in [3.63, 3.8) is 0 Å². The lowest BCUT2D eigenvalue weighted by Gasteiger charge is -2.20. The predicted molar refractivity (Wildman–Crippen MR) is 152 cm³/mol. The summed E-state index contributed by atoms with van der Waals surface area (Å²) in [7, 11) is 1.67. The molecule has 1 aliphatic rings. The van der Waals surface area contributed by atoms with Crippen LogP contribution in [0.3, 0.4) is 0 Å². The molecule has 2 rings (SSSR count). The number of carbonyl (C=O) groups is 2. The number of carbonyl (C=O) groups excluding carboxylic acids is 2. The van der Waals surface area contributed by atoms with Gasteiger partial charge in [-0.3, -0.25) is 4.79 Å². The minimum Gasteiger partial charge on any atom is -0.497 e. The van der Waals surface area contributed by atoms with Gasteiger partial charge in [0.2, 0.25) is 0 Å². The van der Waals surface area contributed by atoms with Crippen molar-refractivity contribution < 1.29 is 42.7 Å². The highest BCUT2D eigenvalue weighted by atomic mass is 28.3. The monoisotopic (exact) mass is 566 g/mol. The molecule has 0 radical (unpaired) electrons. The van der Waals surface area contributed by atoms with Crippen LogP contribution in [0.25, 0.3) is 6.08 Å². The normalized spacial score (nSPS) is 19.2. The van der Waals surface area contributed by atoms with Gasteiger partial charge >= 0.3 is 11.9 Å². The van der Waals surface area contributed by atoms with Crippen molar-refractivity contribution >= 4 is 26.1 Å². The summed E-state index contributed by atoms with van der Waals surface area (Å²) in [6.45, 7) is 16.1. The summed E-state index contributed by atoms with van der Waals surface area (Å²) < 4.78 is 39.5. The Morgan fingerprint density at radius 1 is 1.05 bits per heavy atom. The van der Waals surface area contributed by atoms with Gasteiger partial charge in [0.1, 0.15) is 29.8 Å². The van der Waals surface area contributed by atoms with Gasteiger partial charge in [-0.2, -0.15) is 0 Å². The molecule has 2 unspecified atom stereocenters. The van der Waals surface area contributed by atoms with Crippen LogP contribution in [-0.2, 0) is 28.5 Å². The molecule has 9 nitrogen and oxygen atoms in total. The van der Waals surface area contributed by atoms with Crippen molar-refractivity contribution in [2.75, 3.05) is 34.2 Å². The zero-order valence-electron chi connectivity index (χ0n) is 25.2. The van der Waals surface area contributed by atoms with E-state index >= 15 is 0 Å². The number of methoxy groups -OCH3 is 2. The lowest BCUT2D eigenvalue weighted by Crippen LogP contribution is -2.32. The molecule has 0 aromatic heterocycles. The van der Waals surface area contributed by atoms with E-state index in [-0.39, 0.29) is 25.5 Å². The van der Waals surface area contributed by atoms with Crippen molar-refractivity contribution in [3.05, 3.63) is 29.3 Å². The quantitative estimate of drug-likeness (QED) is 0.169. The fourth-order valence-electron chi connectivity index (χ4n) is 3.79. The van der Waals surface area contributed by atoms with Crippen LogP contribution in [0.5, 0.6) is 11.5 Å². The van der Waals surface area contributed by atoms with Gasteiger partial charge in [0.15, 0.2) is 12.6 Å². The van der Waals surface area contributed by atoms with Gasteiger partial charge in [0.05, 0.1) is 25.2 Å². The maximum atomic E-state index is 13.2. The van der Waals surface area contributed by atoms with Gasteiger partial charge in [-0.25, -0.2) is 4.79 Å². The maximum absolute atomic E-state index is 13.2. The first-order valence-corrected chi connectivity index (χ1v) is 17.0. The summed E-state index contributed by atoms with van der Waals surface area (Å²) in [5.74, 6) is -0.771. The first-order valence-electron chi connectivity index (χ1n) is 13.3. The molecule has 1 heterocycles. The first-order chi connectivity index (χ1) is 18.1. The topological polar surface area (TPSA) is 98.8 Å². The molecular formula is C29H46O9Si. The highest BCUT2D eigenvalue weighted by Crippen LogP contribution is 2.33. The fourth-order valence-corrected chi connectivity index (χ4v) is 4.50. The van der Waals surface area contributed by atoms with Gasteiger partial charge < -0.3 is 33.2 Å². The van der Waals surface area contributed by atoms with Crippen LogP contribution in [0.15, 0.2) is 18.2 Å². The van der Waals surface area contributed by atoms with E-state index in [0.717, 1.165) is 6.04 Å². The van der Waals surface area contributed by atoms with Crippen molar-refractivity contribution in [1.82, 2.24) is 0 Å². The summed E-state index contributed by atoms with van der Waals surface area (Å²) in [6, 6.07) is 4.25. The van der Waals surface area contributed by atoms with Crippen LogP contribution in [0.4, 0.5) is 0 Å². The largest absolute Gasteiger partial charge is 0.497 e. The molecule has 1 saturated heterocycles. The molecule has 0 spiro atoms. The first kappa shape index (κ1) is 32.8. The molecule has 1 fully saturated rings. The summed E-state index contributed by atoms with van der Waals surface area (Å²) in [6.07, 6.45) is 3.36. The Morgan fingerprint density at radius 2 is 1.72 bits per heavy atom. The molecule has 0 N–H and O–H groups in total. The Balaban J connectivity index is 2.28. The molecule has 1 aliphatic heterocycles. The Bertz CT molecular complexity index is 1010. The van der Waals surface area contributed by atoms with Crippen molar-refractivity contribution in [2.24, 2.45) is 5.41 Å². The average Bonchev–Trinajstić information content (AvgIpc) is 3.12. The fraction of sp³-hybridized carbons (Fsp3) is 0.655.